The highest BCUT2D eigenvalue weighted by atomic mass is 14.9. The second-order valence-corrected chi connectivity index (χ2v) is 6.27. The third-order valence-electron chi connectivity index (χ3n) is 4.08. The Morgan fingerprint density at radius 2 is 1.76 bits per heavy atom. The van der Waals surface area contributed by atoms with Crippen LogP contribution >= 0.6 is 0 Å². The predicted octanol–water partition coefficient (Wildman–Crippen LogP) is 6.01. The summed E-state index contributed by atoms with van der Waals surface area (Å²) in [6.07, 6.45) is 3.45. The minimum absolute atomic E-state index is 0.304. The maximum absolute atomic E-state index is 4.24. The van der Waals surface area contributed by atoms with Gasteiger partial charge in [-0.05, 0) is 38.7 Å². The van der Waals surface area contributed by atoms with Crippen LogP contribution in [-0.4, -0.2) is 0 Å². The molecule has 0 amide bonds. The van der Waals surface area contributed by atoms with Gasteiger partial charge in [-0.1, -0.05) is 68.3 Å². The molecule has 1 unspecified atom stereocenters. The molecule has 0 aliphatic carbocycles. The first-order valence-electron chi connectivity index (χ1n) is 8.11. The normalized spacial score (nSPS) is 13.4. The third-order valence-corrected chi connectivity index (χ3v) is 4.08. The topological polar surface area (TPSA) is 12.0 Å². The van der Waals surface area contributed by atoms with Crippen molar-refractivity contribution in [2.45, 2.75) is 59.9 Å². The molecule has 1 nitrogen and oxygen atoms in total. The molecule has 1 N–H and O–H groups in total. The van der Waals surface area contributed by atoms with Crippen molar-refractivity contribution in [1.82, 2.24) is 5.32 Å². The fourth-order valence-corrected chi connectivity index (χ4v) is 2.86. The molecule has 0 heterocycles. The zero-order chi connectivity index (χ0) is 15.8. The molecule has 116 valence electrons. The van der Waals surface area contributed by atoms with E-state index in [1.54, 1.807) is 0 Å². The summed E-state index contributed by atoms with van der Waals surface area (Å²) < 4.78 is 0. The molecule has 0 aliphatic rings. The maximum atomic E-state index is 4.24. The summed E-state index contributed by atoms with van der Waals surface area (Å²) in [5.41, 5.74) is 5.39. The van der Waals surface area contributed by atoms with Crippen LogP contribution in [0.2, 0.25) is 0 Å². The Hall–Kier alpha value is -1.50. The minimum atomic E-state index is 0.304. The largest absolute Gasteiger partial charge is 0.382 e. The third kappa shape index (κ3) is 5.79. The highest BCUT2D eigenvalue weighted by Gasteiger charge is 2.12. The summed E-state index contributed by atoms with van der Waals surface area (Å²) in [5.74, 6) is 0.644. The molecule has 1 heteroatoms. The zero-order valence-corrected chi connectivity index (χ0v) is 14.4. The van der Waals surface area contributed by atoms with Crippen LogP contribution in [0.15, 0.2) is 53.8 Å². The first-order valence-corrected chi connectivity index (χ1v) is 8.11. The lowest BCUT2D eigenvalue weighted by Gasteiger charge is -2.22. The van der Waals surface area contributed by atoms with E-state index in [1.165, 1.54) is 29.6 Å². The standard InChI is InChI=1S/C20H31N/c1-7-11-16(4)20(15(2)3)14-17(5)21-18(6)19-12-9-8-10-13-19/h8-10,12-13,16,18,21H,5,7,11,14H2,1-4,6H3/t16?,18-/m1/s1. The van der Waals surface area contributed by atoms with Gasteiger partial charge in [0.05, 0.1) is 0 Å². The van der Waals surface area contributed by atoms with E-state index in [9.17, 15) is 0 Å². The Bertz CT molecular complexity index is 466. The Morgan fingerprint density at radius 3 is 2.29 bits per heavy atom. The molecular formula is C20H31N. The lowest BCUT2D eigenvalue weighted by Crippen LogP contribution is -2.19. The summed E-state index contributed by atoms with van der Waals surface area (Å²) in [4.78, 5) is 0. The highest BCUT2D eigenvalue weighted by Crippen LogP contribution is 2.26. The summed E-state index contributed by atoms with van der Waals surface area (Å²) in [5, 5.41) is 3.55. The Balaban J connectivity index is 2.65. The lowest BCUT2D eigenvalue weighted by atomic mass is 9.89. The van der Waals surface area contributed by atoms with Crippen LogP contribution in [0.1, 0.15) is 65.5 Å². The number of rotatable bonds is 8. The molecule has 0 aromatic heterocycles. The second-order valence-electron chi connectivity index (χ2n) is 6.27. The SMILES string of the molecule is C=C(CC(=C(C)C)C(C)CCC)N[C@H](C)c1ccccc1. The number of allylic oxidation sites excluding steroid dienone is 2. The van der Waals surface area contributed by atoms with Gasteiger partial charge < -0.3 is 5.32 Å². The van der Waals surface area contributed by atoms with Crippen LogP contribution in [0.5, 0.6) is 0 Å². The fourth-order valence-electron chi connectivity index (χ4n) is 2.86. The van der Waals surface area contributed by atoms with Crippen LogP contribution < -0.4 is 5.32 Å². The summed E-state index contributed by atoms with van der Waals surface area (Å²) in [6.45, 7) is 15.5. The smallest absolute Gasteiger partial charge is 0.0482 e. The molecule has 0 fully saturated rings. The average molecular weight is 285 g/mol. The average Bonchev–Trinajstić information content (AvgIpc) is 2.45. The lowest BCUT2D eigenvalue weighted by molar-refractivity contribution is 0.566. The van der Waals surface area contributed by atoms with Crippen molar-refractivity contribution >= 4 is 0 Å². The van der Waals surface area contributed by atoms with Gasteiger partial charge in [0.15, 0.2) is 0 Å². The first kappa shape index (κ1) is 17.6. The van der Waals surface area contributed by atoms with Crippen molar-refractivity contribution in [3.05, 3.63) is 59.3 Å². The summed E-state index contributed by atoms with van der Waals surface area (Å²) >= 11 is 0. The van der Waals surface area contributed by atoms with Crippen molar-refractivity contribution in [3.63, 3.8) is 0 Å². The summed E-state index contributed by atoms with van der Waals surface area (Å²) in [6, 6.07) is 10.8. The van der Waals surface area contributed by atoms with E-state index in [0.29, 0.717) is 12.0 Å². The van der Waals surface area contributed by atoms with Gasteiger partial charge in [-0.2, -0.15) is 0 Å². The monoisotopic (exact) mass is 285 g/mol. The van der Waals surface area contributed by atoms with Gasteiger partial charge in [-0.25, -0.2) is 0 Å². The maximum Gasteiger partial charge on any atom is 0.0482 e. The van der Waals surface area contributed by atoms with Crippen molar-refractivity contribution in [1.29, 1.82) is 0 Å². The van der Waals surface area contributed by atoms with Crippen molar-refractivity contribution in [3.8, 4) is 0 Å². The number of nitrogens with one attached hydrogen (secondary N) is 1. The van der Waals surface area contributed by atoms with E-state index in [-0.39, 0.29) is 0 Å². The Kier molecular flexibility index (Phi) is 7.28. The Morgan fingerprint density at radius 1 is 1.14 bits per heavy atom. The molecule has 0 spiro atoms. The molecule has 1 aromatic carbocycles. The van der Waals surface area contributed by atoms with E-state index in [0.717, 1.165) is 12.1 Å². The molecular weight excluding hydrogens is 254 g/mol. The van der Waals surface area contributed by atoms with Crippen molar-refractivity contribution in [2.75, 3.05) is 0 Å². The van der Waals surface area contributed by atoms with Crippen LogP contribution in [0.3, 0.4) is 0 Å². The van der Waals surface area contributed by atoms with Gasteiger partial charge in [0.1, 0.15) is 0 Å². The minimum Gasteiger partial charge on any atom is -0.382 e. The number of hydrogen-bond acceptors (Lipinski definition) is 1. The molecule has 0 aliphatic heterocycles. The van der Waals surface area contributed by atoms with Crippen molar-refractivity contribution in [2.24, 2.45) is 5.92 Å². The van der Waals surface area contributed by atoms with E-state index < -0.39 is 0 Å². The van der Waals surface area contributed by atoms with Crippen molar-refractivity contribution < 1.29 is 0 Å². The molecule has 21 heavy (non-hydrogen) atoms. The molecule has 1 rings (SSSR count). The second kappa shape index (κ2) is 8.71. The molecule has 0 bridgehead atoms. The predicted molar refractivity (Wildman–Crippen MR) is 94.2 cm³/mol. The van der Waals surface area contributed by atoms with Crippen LogP contribution in [0.25, 0.3) is 0 Å². The van der Waals surface area contributed by atoms with Gasteiger partial charge >= 0.3 is 0 Å². The van der Waals surface area contributed by atoms with E-state index in [2.05, 4.69) is 76.8 Å². The molecule has 1 aromatic rings. The first-order chi connectivity index (χ1) is 9.95. The number of benzene rings is 1. The van der Waals surface area contributed by atoms with Gasteiger partial charge in [0.25, 0.3) is 0 Å². The van der Waals surface area contributed by atoms with Gasteiger partial charge in [-0.15, -0.1) is 0 Å². The Labute approximate surface area is 131 Å². The number of hydrogen-bond donors (Lipinski definition) is 1. The molecule has 2 atom stereocenters. The molecule has 0 saturated heterocycles. The summed E-state index contributed by atoms with van der Waals surface area (Å²) in [7, 11) is 0. The van der Waals surface area contributed by atoms with Gasteiger partial charge in [0.2, 0.25) is 0 Å². The fraction of sp³-hybridized carbons (Fsp3) is 0.500. The van der Waals surface area contributed by atoms with E-state index >= 15 is 0 Å². The van der Waals surface area contributed by atoms with Crippen LogP contribution in [0, 0.1) is 5.92 Å². The molecule has 0 radical (unpaired) electrons. The quantitative estimate of drug-likeness (QED) is 0.576. The van der Waals surface area contributed by atoms with Gasteiger partial charge in [0, 0.05) is 18.2 Å². The highest BCUT2D eigenvalue weighted by molar-refractivity contribution is 5.23. The zero-order valence-electron chi connectivity index (χ0n) is 14.4. The van der Waals surface area contributed by atoms with Crippen LogP contribution in [-0.2, 0) is 0 Å². The van der Waals surface area contributed by atoms with E-state index in [1.807, 2.05) is 0 Å². The van der Waals surface area contributed by atoms with Crippen LogP contribution in [0.4, 0.5) is 0 Å². The van der Waals surface area contributed by atoms with Gasteiger partial charge in [-0.3, -0.25) is 0 Å². The van der Waals surface area contributed by atoms with E-state index in [4.69, 9.17) is 0 Å². The molecule has 0 saturated carbocycles.